The molecule has 0 aliphatic heterocycles. The number of halogens is 2. The van der Waals surface area contributed by atoms with Gasteiger partial charge in [-0.15, -0.1) is 24.8 Å². The van der Waals surface area contributed by atoms with Gasteiger partial charge in [-0.25, -0.2) is 0 Å². The van der Waals surface area contributed by atoms with Crippen LogP contribution in [0.2, 0.25) is 0 Å². The van der Waals surface area contributed by atoms with E-state index >= 15 is 0 Å². The van der Waals surface area contributed by atoms with E-state index in [1.165, 1.54) is 0 Å². The maximum Gasteiger partial charge on any atom is 0.272 e. The van der Waals surface area contributed by atoms with Gasteiger partial charge in [0.25, 0.3) is 17.7 Å². The fourth-order valence-electron chi connectivity index (χ4n) is 3.61. The number of carbonyl (C=O) groups is 3. The summed E-state index contributed by atoms with van der Waals surface area (Å²) in [5.41, 5.74) is 8.40. The number of hydrogen-bond donors (Lipinski definition) is 4. The summed E-state index contributed by atoms with van der Waals surface area (Å²) < 4.78 is 4.91. The summed E-state index contributed by atoms with van der Waals surface area (Å²) in [4.78, 5) is 39.9. The molecular formula is C23H34Cl2N8O3. The van der Waals surface area contributed by atoms with Crippen LogP contribution in [0.4, 0.5) is 17.1 Å². The molecule has 36 heavy (non-hydrogen) atoms. The Kier molecular flexibility index (Phi) is 11.1. The highest BCUT2D eigenvalue weighted by Gasteiger charge is 2.18. The van der Waals surface area contributed by atoms with Crippen LogP contribution in [0, 0.1) is 0 Å². The minimum atomic E-state index is -0.366. The maximum atomic E-state index is 12.8. The molecule has 0 atom stereocenters. The quantitative estimate of drug-likeness (QED) is 0.309. The zero-order chi connectivity index (χ0) is 25.0. The van der Waals surface area contributed by atoms with Crippen LogP contribution in [-0.2, 0) is 21.1 Å². The van der Waals surface area contributed by atoms with Gasteiger partial charge in [-0.2, -0.15) is 0 Å². The number of rotatable bonds is 9. The fourth-order valence-corrected chi connectivity index (χ4v) is 3.61. The smallest absolute Gasteiger partial charge is 0.272 e. The fraction of sp³-hybridized carbons (Fsp3) is 0.348. The van der Waals surface area contributed by atoms with Crippen molar-refractivity contribution in [2.45, 2.75) is 6.42 Å². The normalized spacial score (nSPS) is 10.4. The van der Waals surface area contributed by atoms with Crippen LogP contribution in [-0.4, -0.2) is 63.5 Å². The first-order valence-electron chi connectivity index (χ1n) is 10.9. The van der Waals surface area contributed by atoms with Crippen molar-refractivity contribution in [2.75, 3.05) is 43.6 Å². The molecule has 3 aromatic rings. The van der Waals surface area contributed by atoms with Gasteiger partial charge in [0.15, 0.2) is 0 Å². The first-order chi connectivity index (χ1) is 16.0. The van der Waals surface area contributed by atoms with Gasteiger partial charge in [0.05, 0.1) is 17.1 Å². The van der Waals surface area contributed by atoms with Crippen LogP contribution in [0.1, 0.15) is 37.9 Å². The van der Waals surface area contributed by atoms with Crippen molar-refractivity contribution >= 4 is 59.6 Å². The Balaban J connectivity index is 0.00000324. The Labute approximate surface area is 222 Å². The van der Waals surface area contributed by atoms with Gasteiger partial charge in [-0.05, 0) is 45.3 Å². The third-order valence-corrected chi connectivity index (χ3v) is 5.32. The second kappa shape index (κ2) is 13.1. The maximum absolute atomic E-state index is 12.8. The molecule has 3 rings (SSSR count). The minimum absolute atomic E-state index is 0. The summed E-state index contributed by atoms with van der Waals surface area (Å²) >= 11 is 0. The van der Waals surface area contributed by atoms with E-state index in [2.05, 4.69) is 20.9 Å². The number of aryl methyl sites for hydroxylation is 3. The molecule has 3 amide bonds. The predicted molar refractivity (Wildman–Crippen MR) is 147 cm³/mol. The number of amides is 3. The van der Waals surface area contributed by atoms with Gasteiger partial charge in [0, 0.05) is 46.3 Å². The Bertz CT molecular complexity index is 1210. The van der Waals surface area contributed by atoms with E-state index in [9.17, 15) is 14.4 Å². The van der Waals surface area contributed by atoms with Crippen molar-refractivity contribution in [2.24, 2.45) is 21.1 Å². The molecule has 13 heteroatoms. The number of nitrogens with two attached hydrogens (primary N) is 1. The molecular weight excluding hydrogens is 507 g/mol. The van der Waals surface area contributed by atoms with Crippen molar-refractivity contribution in [3.05, 3.63) is 53.9 Å². The van der Waals surface area contributed by atoms with Crippen LogP contribution >= 0.6 is 24.8 Å². The van der Waals surface area contributed by atoms with E-state index in [-0.39, 0.29) is 42.5 Å². The number of nitrogens with one attached hydrogen (secondary N) is 3. The SMILES string of the molecule is CN(C)CCCNC(=O)c1cc(NC(=O)c2cc(NC(=O)c3cc(N)cn3C)cn2C)cn1C.Cl.Cl. The molecule has 0 aliphatic rings. The molecule has 11 nitrogen and oxygen atoms in total. The summed E-state index contributed by atoms with van der Waals surface area (Å²) in [6, 6.07) is 4.79. The minimum Gasteiger partial charge on any atom is -0.397 e. The number of anilines is 3. The monoisotopic (exact) mass is 540 g/mol. The summed E-state index contributed by atoms with van der Waals surface area (Å²) in [6.45, 7) is 1.45. The molecule has 0 saturated heterocycles. The topological polar surface area (TPSA) is 131 Å². The van der Waals surface area contributed by atoms with Gasteiger partial charge < -0.3 is 40.3 Å². The molecule has 198 valence electrons. The van der Waals surface area contributed by atoms with Crippen LogP contribution in [0.15, 0.2) is 36.8 Å². The highest BCUT2D eigenvalue weighted by molar-refractivity contribution is 6.07. The Hall–Kier alpha value is -3.41. The van der Waals surface area contributed by atoms with Gasteiger partial charge in [0.2, 0.25) is 0 Å². The highest BCUT2D eigenvalue weighted by atomic mass is 35.5. The number of aromatic nitrogens is 3. The molecule has 5 N–H and O–H groups in total. The van der Waals surface area contributed by atoms with Crippen LogP contribution in [0.5, 0.6) is 0 Å². The molecule has 0 bridgehead atoms. The molecule has 0 radical (unpaired) electrons. The molecule has 3 heterocycles. The second-order valence-corrected chi connectivity index (χ2v) is 8.54. The second-order valence-electron chi connectivity index (χ2n) is 8.54. The predicted octanol–water partition coefficient (Wildman–Crippen LogP) is 2.31. The van der Waals surface area contributed by atoms with Crippen LogP contribution < -0.4 is 21.7 Å². The van der Waals surface area contributed by atoms with Crippen molar-refractivity contribution in [3.8, 4) is 0 Å². The summed E-state index contributed by atoms with van der Waals surface area (Å²) in [5, 5.41) is 8.47. The summed E-state index contributed by atoms with van der Waals surface area (Å²) in [6.07, 6.45) is 5.82. The van der Waals surface area contributed by atoms with Crippen molar-refractivity contribution in [1.82, 2.24) is 23.9 Å². The lowest BCUT2D eigenvalue weighted by molar-refractivity contribution is 0.0942. The molecule has 3 aromatic heterocycles. The lowest BCUT2D eigenvalue weighted by Gasteiger charge is -2.10. The standard InChI is InChI=1S/C23H32N8O3.2ClH/c1-28(2)8-6-7-25-21(32)19-10-16(13-30(19)4)27-23(34)20-11-17(14-31(20)5)26-22(33)18-9-15(24)12-29(18)3;;/h9-14H,6-8,24H2,1-5H3,(H,25,32)(H,26,33)(H,27,34);2*1H. The van der Waals surface area contributed by atoms with Gasteiger partial charge in [0.1, 0.15) is 17.1 Å². The van der Waals surface area contributed by atoms with E-state index in [0.29, 0.717) is 40.7 Å². The van der Waals surface area contributed by atoms with E-state index < -0.39 is 0 Å². The third-order valence-electron chi connectivity index (χ3n) is 5.32. The van der Waals surface area contributed by atoms with E-state index in [1.54, 1.807) is 71.6 Å². The Morgan fingerprint density at radius 3 is 1.67 bits per heavy atom. The summed E-state index contributed by atoms with van der Waals surface area (Å²) in [5.74, 6) is -0.900. The molecule has 0 saturated carbocycles. The zero-order valence-corrected chi connectivity index (χ0v) is 22.6. The first-order valence-corrected chi connectivity index (χ1v) is 10.9. The van der Waals surface area contributed by atoms with E-state index in [1.807, 2.05) is 14.1 Å². The first kappa shape index (κ1) is 30.6. The van der Waals surface area contributed by atoms with Crippen molar-refractivity contribution in [3.63, 3.8) is 0 Å². The van der Waals surface area contributed by atoms with Gasteiger partial charge >= 0.3 is 0 Å². The lowest BCUT2D eigenvalue weighted by atomic mass is 10.3. The van der Waals surface area contributed by atoms with Crippen LogP contribution in [0.25, 0.3) is 0 Å². The zero-order valence-electron chi connectivity index (χ0n) is 21.0. The lowest BCUT2D eigenvalue weighted by Crippen LogP contribution is -2.28. The number of nitrogens with zero attached hydrogens (tertiary/aromatic N) is 4. The van der Waals surface area contributed by atoms with Crippen LogP contribution in [0.3, 0.4) is 0 Å². The average molecular weight is 541 g/mol. The number of carbonyl (C=O) groups excluding carboxylic acids is 3. The number of nitrogen functional groups attached to an aromatic ring is 1. The molecule has 0 fully saturated rings. The van der Waals surface area contributed by atoms with Crippen molar-refractivity contribution in [1.29, 1.82) is 0 Å². The largest absolute Gasteiger partial charge is 0.397 e. The molecule has 0 aromatic carbocycles. The van der Waals surface area contributed by atoms with Gasteiger partial charge in [-0.3, -0.25) is 14.4 Å². The molecule has 0 spiro atoms. The van der Waals surface area contributed by atoms with Gasteiger partial charge in [-0.1, -0.05) is 0 Å². The van der Waals surface area contributed by atoms with E-state index in [0.717, 1.165) is 13.0 Å². The molecule has 0 aliphatic carbocycles. The molecule has 0 unspecified atom stereocenters. The third kappa shape index (κ3) is 7.54. The summed E-state index contributed by atoms with van der Waals surface area (Å²) in [7, 11) is 9.15. The number of hydrogen-bond acceptors (Lipinski definition) is 5. The highest BCUT2D eigenvalue weighted by Crippen LogP contribution is 2.19. The van der Waals surface area contributed by atoms with Crippen molar-refractivity contribution < 1.29 is 14.4 Å². The Morgan fingerprint density at radius 1 is 0.778 bits per heavy atom. The Morgan fingerprint density at radius 2 is 1.22 bits per heavy atom. The average Bonchev–Trinajstić information content (AvgIpc) is 3.41. The van der Waals surface area contributed by atoms with E-state index in [4.69, 9.17) is 5.73 Å².